The van der Waals surface area contributed by atoms with Crippen LogP contribution in [-0.2, 0) is 9.53 Å². The minimum absolute atomic E-state index is 0.0383. The molecule has 7 nitrogen and oxygen atoms in total. The van der Waals surface area contributed by atoms with Crippen molar-refractivity contribution < 1.29 is 19.1 Å². The van der Waals surface area contributed by atoms with Crippen LogP contribution in [0, 0.1) is 19.8 Å². The first-order chi connectivity index (χ1) is 12.8. The maximum Gasteiger partial charge on any atom is 0.340 e. The van der Waals surface area contributed by atoms with Crippen molar-refractivity contribution in [3.63, 3.8) is 0 Å². The standard InChI is InChI=1S/C20H31N3O4/c1-6-9-21-18(24)15-7-10-23(11-8-15)19(25)17-13(4)16(14(5)22-17)20(26)27-12(2)3/h12,15,22H,6-11H2,1-5H3,(H,21,24). The second-order valence-corrected chi connectivity index (χ2v) is 7.44. The zero-order valence-corrected chi connectivity index (χ0v) is 17.0. The van der Waals surface area contributed by atoms with Gasteiger partial charge in [-0.05, 0) is 52.5 Å². The molecule has 1 saturated heterocycles. The largest absolute Gasteiger partial charge is 0.459 e. The molecule has 0 atom stereocenters. The lowest BCUT2D eigenvalue weighted by atomic mass is 9.95. The van der Waals surface area contributed by atoms with E-state index in [1.165, 1.54) is 0 Å². The molecule has 0 saturated carbocycles. The summed E-state index contributed by atoms with van der Waals surface area (Å²) in [6.45, 7) is 10.9. The molecule has 1 fully saturated rings. The number of nitrogens with one attached hydrogen (secondary N) is 2. The van der Waals surface area contributed by atoms with Crippen LogP contribution in [0.2, 0.25) is 0 Å². The van der Waals surface area contributed by atoms with Crippen LogP contribution in [0.1, 0.15) is 72.1 Å². The van der Waals surface area contributed by atoms with Gasteiger partial charge in [0.2, 0.25) is 5.91 Å². The van der Waals surface area contributed by atoms with Gasteiger partial charge in [0.15, 0.2) is 0 Å². The highest BCUT2D eigenvalue weighted by molar-refractivity contribution is 6.00. The molecule has 1 aromatic rings. The number of nitrogens with zero attached hydrogens (tertiary/aromatic N) is 1. The maximum atomic E-state index is 12.9. The summed E-state index contributed by atoms with van der Waals surface area (Å²) in [5.41, 5.74) is 2.11. The predicted molar refractivity (Wildman–Crippen MR) is 103 cm³/mol. The van der Waals surface area contributed by atoms with Crippen molar-refractivity contribution in [2.45, 2.75) is 60.0 Å². The van der Waals surface area contributed by atoms with Crippen molar-refractivity contribution in [3.05, 3.63) is 22.5 Å². The molecule has 1 aliphatic rings. The van der Waals surface area contributed by atoms with Crippen molar-refractivity contribution in [2.24, 2.45) is 5.92 Å². The van der Waals surface area contributed by atoms with Gasteiger partial charge in [0.1, 0.15) is 5.69 Å². The number of carbonyl (C=O) groups is 3. The van der Waals surface area contributed by atoms with E-state index in [1.807, 2.05) is 6.92 Å². The fraction of sp³-hybridized carbons (Fsp3) is 0.650. The summed E-state index contributed by atoms with van der Waals surface area (Å²) < 4.78 is 5.28. The molecule has 7 heteroatoms. The first-order valence-electron chi connectivity index (χ1n) is 9.73. The van der Waals surface area contributed by atoms with E-state index < -0.39 is 5.97 Å². The normalized spacial score (nSPS) is 15.1. The highest BCUT2D eigenvalue weighted by atomic mass is 16.5. The van der Waals surface area contributed by atoms with Crippen molar-refractivity contribution in [3.8, 4) is 0 Å². The molecule has 2 amide bonds. The Morgan fingerprint density at radius 1 is 1.22 bits per heavy atom. The van der Waals surface area contributed by atoms with Crippen molar-refractivity contribution in [1.82, 2.24) is 15.2 Å². The first-order valence-corrected chi connectivity index (χ1v) is 9.73. The molecule has 150 valence electrons. The molecule has 0 radical (unpaired) electrons. The lowest BCUT2D eigenvalue weighted by Gasteiger charge is -2.31. The Labute approximate surface area is 160 Å². The third-order valence-electron chi connectivity index (χ3n) is 4.90. The lowest BCUT2D eigenvalue weighted by molar-refractivity contribution is -0.126. The van der Waals surface area contributed by atoms with E-state index in [0.717, 1.165) is 6.42 Å². The van der Waals surface area contributed by atoms with Crippen LogP contribution in [-0.4, -0.2) is 53.4 Å². The first kappa shape index (κ1) is 21.0. The Morgan fingerprint density at radius 3 is 2.41 bits per heavy atom. The molecule has 0 aromatic carbocycles. The number of carbonyl (C=O) groups excluding carboxylic acids is 3. The van der Waals surface area contributed by atoms with Gasteiger partial charge in [-0.1, -0.05) is 6.92 Å². The number of aromatic nitrogens is 1. The second-order valence-electron chi connectivity index (χ2n) is 7.44. The van der Waals surface area contributed by atoms with Gasteiger partial charge in [0.05, 0.1) is 11.7 Å². The minimum atomic E-state index is -0.415. The SMILES string of the molecule is CCCNC(=O)C1CCN(C(=O)c2[nH]c(C)c(C(=O)OC(C)C)c2C)CC1. The Bertz CT molecular complexity index is 700. The molecule has 1 aliphatic heterocycles. The number of esters is 1. The topological polar surface area (TPSA) is 91.5 Å². The zero-order valence-electron chi connectivity index (χ0n) is 17.0. The van der Waals surface area contributed by atoms with E-state index in [2.05, 4.69) is 10.3 Å². The Morgan fingerprint density at radius 2 is 1.85 bits per heavy atom. The fourth-order valence-corrected chi connectivity index (χ4v) is 3.44. The van der Waals surface area contributed by atoms with Gasteiger partial charge < -0.3 is 19.9 Å². The number of aryl methyl sites for hydroxylation is 1. The molecule has 2 N–H and O–H groups in total. The van der Waals surface area contributed by atoms with E-state index in [4.69, 9.17) is 4.74 Å². The van der Waals surface area contributed by atoms with Gasteiger partial charge in [0, 0.05) is 31.2 Å². The molecule has 1 aromatic heterocycles. The Balaban J connectivity index is 2.05. The summed E-state index contributed by atoms with van der Waals surface area (Å²) in [5, 5.41) is 2.93. The maximum absolute atomic E-state index is 12.9. The molecule has 27 heavy (non-hydrogen) atoms. The van der Waals surface area contributed by atoms with E-state index >= 15 is 0 Å². The number of rotatable bonds is 6. The molecule has 0 aliphatic carbocycles. The third kappa shape index (κ3) is 4.90. The summed E-state index contributed by atoms with van der Waals surface area (Å²) >= 11 is 0. The zero-order chi connectivity index (χ0) is 20.1. The quantitative estimate of drug-likeness (QED) is 0.746. The molecule has 2 heterocycles. The van der Waals surface area contributed by atoms with Gasteiger partial charge in [-0.3, -0.25) is 9.59 Å². The molecule has 0 spiro atoms. The number of ether oxygens (including phenoxy) is 1. The van der Waals surface area contributed by atoms with Gasteiger partial charge in [-0.15, -0.1) is 0 Å². The van der Waals surface area contributed by atoms with E-state index in [9.17, 15) is 14.4 Å². The number of hydrogen-bond donors (Lipinski definition) is 2. The average Bonchev–Trinajstić information content (AvgIpc) is 2.93. The number of hydrogen-bond acceptors (Lipinski definition) is 4. The summed E-state index contributed by atoms with van der Waals surface area (Å²) in [5.74, 6) is -0.508. The minimum Gasteiger partial charge on any atom is -0.459 e. The lowest BCUT2D eigenvalue weighted by Crippen LogP contribution is -2.43. The third-order valence-corrected chi connectivity index (χ3v) is 4.90. The number of likely N-dealkylation sites (tertiary alicyclic amines) is 1. The molecule has 0 bridgehead atoms. The van der Waals surface area contributed by atoms with Gasteiger partial charge in [-0.25, -0.2) is 4.79 Å². The number of piperidine rings is 1. The molecule has 0 unspecified atom stereocenters. The van der Waals surface area contributed by atoms with Crippen LogP contribution in [0.3, 0.4) is 0 Å². The summed E-state index contributed by atoms with van der Waals surface area (Å²) in [4.78, 5) is 42.1. The van der Waals surface area contributed by atoms with Crippen molar-refractivity contribution in [2.75, 3.05) is 19.6 Å². The smallest absolute Gasteiger partial charge is 0.340 e. The van der Waals surface area contributed by atoms with Crippen molar-refractivity contribution >= 4 is 17.8 Å². The highest BCUT2D eigenvalue weighted by Crippen LogP contribution is 2.24. The molecular weight excluding hydrogens is 346 g/mol. The van der Waals surface area contributed by atoms with Crippen molar-refractivity contribution in [1.29, 1.82) is 0 Å². The van der Waals surface area contributed by atoms with Crippen LogP contribution in [0.4, 0.5) is 0 Å². The number of amides is 2. The second kappa shape index (κ2) is 9.06. The monoisotopic (exact) mass is 377 g/mol. The van der Waals surface area contributed by atoms with Gasteiger partial charge >= 0.3 is 5.97 Å². The van der Waals surface area contributed by atoms with Crippen LogP contribution >= 0.6 is 0 Å². The summed E-state index contributed by atoms with van der Waals surface area (Å²) in [6, 6.07) is 0. The van der Waals surface area contributed by atoms with Crippen LogP contribution in [0.15, 0.2) is 0 Å². The number of aromatic amines is 1. The summed E-state index contributed by atoms with van der Waals surface area (Å²) in [7, 11) is 0. The van der Waals surface area contributed by atoms with Gasteiger partial charge in [-0.2, -0.15) is 0 Å². The van der Waals surface area contributed by atoms with Crippen LogP contribution in [0.5, 0.6) is 0 Å². The number of H-pyrrole nitrogens is 1. The van der Waals surface area contributed by atoms with Gasteiger partial charge in [0.25, 0.3) is 5.91 Å². The van der Waals surface area contributed by atoms with Crippen LogP contribution in [0.25, 0.3) is 0 Å². The summed E-state index contributed by atoms with van der Waals surface area (Å²) in [6.07, 6.45) is 2.00. The molecule has 2 rings (SSSR count). The fourth-order valence-electron chi connectivity index (χ4n) is 3.44. The van der Waals surface area contributed by atoms with E-state index in [0.29, 0.717) is 55.0 Å². The molecular formula is C20H31N3O4. The highest BCUT2D eigenvalue weighted by Gasteiger charge is 2.30. The van der Waals surface area contributed by atoms with Crippen LogP contribution < -0.4 is 5.32 Å². The Hall–Kier alpha value is -2.31. The average molecular weight is 377 g/mol. The Kier molecular flexibility index (Phi) is 7.05. The van der Waals surface area contributed by atoms with E-state index in [1.54, 1.807) is 32.6 Å². The predicted octanol–water partition coefficient (Wildman–Crippen LogP) is 2.58. The van der Waals surface area contributed by atoms with E-state index in [-0.39, 0.29) is 23.8 Å².